The second kappa shape index (κ2) is 10.9. The third-order valence-electron chi connectivity index (χ3n) is 5.66. The fraction of sp³-hybridized carbons (Fsp3) is 0.414. The molecule has 3 aromatic rings. The van der Waals surface area contributed by atoms with Crippen LogP contribution in [0.15, 0.2) is 48.7 Å². The topological polar surface area (TPSA) is 64.8 Å². The summed E-state index contributed by atoms with van der Waals surface area (Å²) in [6, 6.07) is 10.4. The SMILES string of the molecule is [C-]#[N+]c1ccc2c(-c3ccc(OC[C@](C)(CC(C)C)NC(=O)OC(C)(C)C)c(C(F)(F)F)c3)ccnc2c1. The molecule has 1 amide bonds. The predicted molar refractivity (Wildman–Crippen MR) is 141 cm³/mol. The van der Waals surface area contributed by atoms with E-state index in [1.165, 1.54) is 12.3 Å². The number of hydrogen-bond donors (Lipinski definition) is 1. The zero-order valence-electron chi connectivity index (χ0n) is 22.4. The Hall–Kier alpha value is -3.80. The van der Waals surface area contributed by atoms with Crippen LogP contribution in [0.5, 0.6) is 5.75 Å². The number of alkyl carbamates (subject to hydrolysis) is 1. The molecule has 1 atom stereocenters. The Labute approximate surface area is 221 Å². The summed E-state index contributed by atoms with van der Waals surface area (Å²) in [5.41, 5.74) is -0.822. The van der Waals surface area contributed by atoms with Gasteiger partial charge in [0.1, 0.15) is 18.0 Å². The van der Waals surface area contributed by atoms with Gasteiger partial charge in [-0.25, -0.2) is 9.64 Å². The van der Waals surface area contributed by atoms with E-state index < -0.39 is 29.0 Å². The van der Waals surface area contributed by atoms with E-state index in [0.717, 1.165) is 6.07 Å². The first-order chi connectivity index (χ1) is 17.6. The Bertz CT molecular complexity index is 1360. The van der Waals surface area contributed by atoms with Gasteiger partial charge in [-0.15, -0.1) is 0 Å². The van der Waals surface area contributed by atoms with Gasteiger partial charge in [-0.2, -0.15) is 13.2 Å². The van der Waals surface area contributed by atoms with Crippen LogP contribution in [-0.2, 0) is 10.9 Å². The van der Waals surface area contributed by atoms with E-state index >= 15 is 0 Å². The van der Waals surface area contributed by atoms with Crippen LogP contribution in [0, 0.1) is 12.5 Å². The third kappa shape index (κ3) is 7.37. The summed E-state index contributed by atoms with van der Waals surface area (Å²) in [6.45, 7) is 17.8. The molecule has 6 nitrogen and oxygen atoms in total. The molecule has 1 heterocycles. The van der Waals surface area contributed by atoms with Gasteiger partial charge in [-0.1, -0.05) is 32.0 Å². The Kier molecular flexibility index (Phi) is 8.25. The van der Waals surface area contributed by atoms with Gasteiger partial charge in [0.15, 0.2) is 5.69 Å². The number of nitrogens with one attached hydrogen (secondary N) is 1. The van der Waals surface area contributed by atoms with Gasteiger partial charge in [-0.05, 0) is 75.4 Å². The van der Waals surface area contributed by atoms with Crippen LogP contribution < -0.4 is 10.1 Å². The number of rotatable bonds is 7. The van der Waals surface area contributed by atoms with Crippen molar-refractivity contribution in [3.63, 3.8) is 0 Å². The second-order valence-corrected chi connectivity index (χ2v) is 11.0. The maximum atomic E-state index is 14.2. The van der Waals surface area contributed by atoms with E-state index in [0.29, 0.717) is 34.1 Å². The van der Waals surface area contributed by atoms with E-state index in [9.17, 15) is 18.0 Å². The highest BCUT2D eigenvalue weighted by atomic mass is 19.4. The Balaban J connectivity index is 1.95. The molecule has 0 aliphatic carbocycles. The van der Waals surface area contributed by atoms with Crippen LogP contribution in [0.3, 0.4) is 0 Å². The summed E-state index contributed by atoms with van der Waals surface area (Å²) in [5.74, 6) is -0.206. The average molecular weight is 528 g/mol. The summed E-state index contributed by atoms with van der Waals surface area (Å²) in [5, 5.41) is 3.41. The van der Waals surface area contributed by atoms with Crippen LogP contribution >= 0.6 is 0 Å². The number of carbonyl (C=O) groups is 1. The number of carbonyl (C=O) groups excluding carboxylic acids is 1. The second-order valence-electron chi connectivity index (χ2n) is 11.0. The molecular weight excluding hydrogens is 495 g/mol. The molecule has 38 heavy (non-hydrogen) atoms. The number of benzene rings is 2. The number of ether oxygens (including phenoxy) is 2. The van der Waals surface area contributed by atoms with Crippen molar-refractivity contribution < 1.29 is 27.4 Å². The molecule has 2 aromatic carbocycles. The van der Waals surface area contributed by atoms with Gasteiger partial charge >= 0.3 is 12.3 Å². The summed E-state index contributed by atoms with van der Waals surface area (Å²) < 4.78 is 53.6. The minimum absolute atomic E-state index is 0.131. The van der Waals surface area contributed by atoms with Crippen LogP contribution in [0.25, 0.3) is 26.9 Å². The Morgan fingerprint density at radius 1 is 1.08 bits per heavy atom. The molecule has 3 rings (SSSR count). The van der Waals surface area contributed by atoms with Crippen LogP contribution in [0.4, 0.5) is 23.7 Å². The molecule has 202 valence electrons. The highest BCUT2D eigenvalue weighted by Crippen LogP contribution is 2.40. The van der Waals surface area contributed by atoms with Crippen LogP contribution in [0.1, 0.15) is 53.5 Å². The fourth-order valence-electron chi connectivity index (χ4n) is 4.34. The van der Waals surface area contributed by atoms with Gasteiger partial charge in [-0.3, -0.25) is 4.98 Å². The van der Waals surface area contributed by atoms with Crippen molar-refractivity contribution in [3.8, 4) is 16.9 Å². The van der Waals surface area contributed by atoms with Crippen molar-refractivity contribution in [2.75, 3.05) is 6.61 Å². The molecule has 0 radical (unpaired) electrons. The molecule has 0 aliphatic rings. The number of halogens is 3. The molecule has 0 fully saturated rings. The lowest BCUT2D eigenvalue weighted by Gasteiger charge is -2.33. The molecule has 9 heteroatoms. The molecule has 0 saturated carbocycles. The van der Waals surface area contributed by atoms with E-state index in [1.54, 1.807) is 58.0 Å². The van der Waals surface area contributed by atoms with Crippen molar-refractivity contribution in [1.82, 2.24) is 10.3 Å². The van der Waals surface area contributed by atoms with E-state index in [2.05, 4.69) is 15.1 Å². The lowest BCUT2D eigenvalue weighted by atomic mass is 9.91. The number of pyridine rings is 1. The number of aromatic nitrogens is 1. The molecule has 0 saturated heterocycles. The maximum Gasteiger partial charge on any atom is 0.419 e. The van der Waals surface area contributed by atoms with Crippen molar-refractivity contribution in [2.45, 2.75) is 65.3 Å². The smallest absolute Gasteiger partial charge is 0.419 e. The van der Waals surface area contributed by atoms with Gasteiger partial charge in [0.25, 0.3) is 0 Å². The summed E-state index contributed by atoms with van der Waals surface area (Å²) in [7, 11) is 0. The quantitative estimate of drug-likeness (QED) is 0.315. The molecule has 0 unspecified atom stereocenters. The molecule has 0 spiro atoms. The van der Waals surface area contributed by atoms with Crippen molar-refractivity contribution in [3.05, 3.63) is 65.6 Å². The van der Waals surface area contributed by atoms with Gasteiger partial charge in [0.05, 0.1) is 23.2 Å². The average Bonchev–Trinajstić information content (AvgIpc) is 2.79. The number of hydrogen-bond acceptors (Lipinski definition) is 4. The molecule has 1 N–H and O–H groups in total. The Morgan fingerprint density at radius 2 is 1.79 bits per heavy atom. The van der Waals surface area contributed by atoms with Crippen molar-refractivity contribution in [1.29, 1.82) is 0 Å². The zero-order valence-corrected chi connectivity index (χ0v) is 22.4. The van der Waals surface area contributed by atoms with Crippen LogP contribution in [0.2, 0.25) is 0 Å². The molecular formula is C29H32F3N3O3. The lowest BCUT2D eigenvalue weighted by molar-refractivity contribution is -0.139. The first kappa shape index (κ1) is 28.8. The van der Waals surface area contributed by atoms with Gasteiger partial charge in [0.2, 0.25) is 0 Å². The van der Waals surface area contributed by atoms with Crippen LogP contribution in [-0.4, -0.2) is 28.8 Å². The van der Waals surface area contributed by atoms with Crippen molar-refractivity contribution in [2.24, 2.45) is 5.92 Å². The number of alkyl halides is 3. The zero-order chi connectivity index (χ0) is 28.3. The highest BCUT2D eigenvalue weighted by Gasteiger charge is 2.37. The number of nitrogens with zero attached hydrogens (tertiary/aromatic N) is 2. The lowest BCUT2D eigenvalue weighted by Crippen LogP contribution is -2.52. The largest absolute Gasteiger partial charge is 0.491 e. The highest BCUT2D eigenvalue weighted by molar-refractivity contribution is 5.96. The number of fused-ring (bicyclic) bond motifs is 1. The molecule has 1 aromatic heterocycles. The van der Waals surface area contributed by atoms with E-state index in [4.69, 9.17) is 16.0 Å². The predicted octanol–water partition coefficient (Wildman–Crippen LogP) is 8.18. The third-order valence-corrected chi connectivity index (χ3v) is 5.66. The summed E-state index contributed by atoms with van der Waals surface area (Å²) in [6.07, 6.45) is -3.38. The standard InChI is InChI=1S/C29H32F3N3O3/c1-18(2)16-28(6,35-26(36)38-27(3,4)5)17-37-25-11-8-19(14-23(25)29(30,31)32)21-12-13-34-24-15-20(33-7)9-10-22(21)24/h8-15,18H,16-17H2,1-6H3,(H,35,36)/t28-/m0/s1. The summed E-state index contributed by atoms with van der Waals surface area (Å²) in [4.78, 5) is 20.1. The summed E-state index contributed by atoms with van der Waals surface area (Å²) >= 11 is 0. The van der Waals surface area contributed by atoms with Gasteiger partial charge < -0.3 is 14.8 Å². The van der Waals surface area contributed by atoms with E-state index in [1.807, 2.05) is 13.8 Å². The maximum absolute atomic E-state index is 14.2. The molecule has 0 aliphatic heterocycles. The van der Waals surface area contributed by atoms with Crippen molar-refractivity contribution >= 4 is 22.7 Å². The van der Waals surface area contributed by atoms with E-state index in [-0.39, 0.29) is 18.3 Å². The monoisotopic (exact) mass is 527 g/mol. The van der Waals surface area contributed by atoms with Gasteiger partial charge in [0, 0.05) is 11.6 Å². The Morgan fingerprint density at radius 3 is 2.39 bits per heavy atom. The minimum atomic E-state index is -4.68. The fourth-order valence-corrected chi connectivity index (χ4v) is 4.34. The first-order valence-corrected chi connectivity index (χ1v) is 12.2. The molecule has 0 bridgehead atoms. The normalized spacial score (nSPS) is 13.6. The number of amides is 1. The first-order valence-electron chi connectivity index (χ1n) is 12.2. The minimum Gasteiger partial charge on any atom is -0.491 e.